The summed E-state index contributed by atoms with van der Waals surface area (Å²) < 4.78 is 5.55. The number of hydrogen-bond acceptors (Lipinski definition) is 7. The molecule has 1 amide bonds. The first kappa shape index (κ1) is 15.3. The average Bonchev–Trinajstić information content (AvgIpc) is 2.94. The molecule has 0 bridgehead atoms. The fraction of sp³-hybridized carbons (Fsp3) is 0.692. The molecule has 1 unspecified atom stereocenters. The Bertz CT molecular complexity index is 507. The number of nitrogens with one attached hydrogen (secondary N) is 2. The Kier molecular flexibility index (Phi) is 4.77. The molecule has 21 heavy (non-hydrogen) atoms. The number of carbonyl (C=O) groups excluding carboxylic acids is 1. The summed E-state index contributed by atoms with van der Waals surface area (Å²) in [7, 11) is 3.37. The standard InChI is InChI=1S/C13H22N6O2/c1-8(2)21-13-17-11(15-4)16-12(18-13)19-7-5-6-9(19)10(20)14-3/h8-9H,5-7H2,1-4H3,(H,14,20)(H,15,16,17,18). The van der Waals surface area contributed by atoms with Gasteiger partial charge in [-0.05, 0) is 26.7 Å². The number of nitrogens with zero attached hydrogens (tertiary/aromatic N) is 4. The molecule has 0 radical (unpaired) electrons. The van der Waals surface area contributed by atoms with Gasteiger partial charge in [-0.2, -0.15) is 15.0 Å². The summed E-state index contributed by atoms with van der Waals surface area (Å²) in [5, 5.41) is 5.58. The molecular formula is C13H22N6O2. The van der Waals surface area contributed by atoms with E-state index in [1.54, 1.807) is 14.1 Å². The van der Waals surface area contributed by atoms with E-state index < -0.39 is 0 Å². The topological polar surface area (TPSA) is 92.3 Å². The number of rotatable bonds is 5. The molecule has 0 spiro atoms. The van der Waals surface area contributed by atoms with Crippen LogP contribution in [0.2, 0.25) is 0 Å². The first-order valence-electron chi connectivity index (χ1n) is 7.14. The van der Waals surface area contributed by atoms with Crippen molar-refractivity contribution in [2.45, 2.75) is 38.8 Å². The lowest BCUT2D eigenvalue weighted by molar-refractivity contribution is -0.121. The Balaban J connectivity index is 2.31. The van der Waals surface area contributed by atoms with Crippen LogP contribution in [-0.2, 0) is 4.79 Å². The molecule has 0 aliphatic carbocycles. The number of anilines is 2. The number of hydrogen-bond donors (Lipinski definition) is 2. The Morgan fingerprint density at radius 1 is 1.33 bits per heavy atom. The molecule has 1 aromatic rings. The minimum Gasteiger partial charge on any atom is -0.461 e. The highest BCUT2D eigenvalue weighted by atomic mass is 16.5. The summed E-state index contributed by atoms with van der Waals surface area (Å²) in [5.41, 5.74) is 0. The van der Waals surface area contributed by atoms with Gasteiger partial charge < -0.3 is 20.3 Å². The van der Waals surface area contributed by atoms with Crippen LogP contribution >= 0.6 is 0 Å². The maximum absolute atomic E-state index is 11.9. The van der Waals surface area contributed by atoms with E-state index in [1.165, 1.54) is 0 Å². The van der Waals surface area contributed by atoms with Gasteiger partial charge in [0.1, 0.15) is 6.04 Å². The Morgan fingerprint density at radius 3 is 2.71 bits per heavy atom. The number of ether oxygens (including phenoxy) is 1. The zero-order valence-electron chi connectivity index (χ0n) is 12.9. The van der Waals surface area contributed by atoms with Crippen LogP contribution in [0, 0.1) is 0 Å². The molecule has 2 N–H and O–H groups in total. The van der Waals surface area contributed by atoms with Crippen molar-refractivity contribution in [3.05, 3.63) is 0 Å². The first-order chi connectivity index (χ1) is 10.0. The average molecular weight is 294 g/mol. The van der Waals surface area contributed by atoms with Gasteiger partial charge in [0, 0.05) is 20.6 Å². The largest absolute Gasteiger partial charge is 0.461 e. The molecule has 0 saturated carbocycles. The van der Waals surface area contributed by atoms with E-state index in [0.29, 0.717) is 11.9 Å². The molecule has 1 aliphatic rings. The quantitative estimate of drug-likeness (QED) is 0.812. The summed E-state index contributed by atoms with van der Waals surface area (Å²) >= 11 is 0. The van der Waals surface area contributed by atoms with Crippen LogP contribution < -0.4 is 20.3 Å². The third kappa shape index (κ3) is 3.50. The molecule has 8 nitrogen and oxygen atoms in total. The van der Waals surface area contributed by atoms with Gasteiger partial charge in [0.15, 0.2) is 0 Å². The first-order valence-corrected chi connectivity index (χ1v) is 7.14. The predicted octanol–water partition coefficient (Wildman–Crippen LogP) is 0.415. The van der Waals surface area contributed by atoms with Crippen LogP contribution in [0.3, 0.4) is 0 Å². The van der Waals surface area contributed by atoms with Crippen LogP contribution in [-0.4, -0.2) is 53.6 Å². The van der Waals surface area contributed by atoms with Crippen LogP contribution in [0.25, 0.3) is 0 Å². The zero-order chi connectivity index (χ0) is 15.4. The number of likely N-dealkylation sites (N-methyl/N-ethyl adjacent to an activating group) is 1. The molecule has 2 rings (SSSR count). The molecule has 0 aromatic carbocycles. The van der Waals surface area contributed by atoms with E-state index in [2.05, 4.69) is 25.6 Å². The SMILES string of the molecule is CNC(=O)C1CCCN1c1nc(NC)nc(OC(C)C)n1. The van der Waals surface area contributed by atoms with E-state index in [9.17, 15) is 4.79 Å². The zero-order valence-corrected chi connectivity index (χ0v) is 12.9. The highest BCUT2D eigenvalue weighted by Gasteiger charge is 2.32. The third-order valence-electron chi connectivity index (χ3n) is 3.23. The van der Waals surface area contributed by atoms with Gasteiger partial charge in [-0.1, -0.05) is 0 Å². The van der Waals surface area contributed by atoms with Crippen LogP contribution in [0.1, 0.15) is 26.7 Å². The number of carbonyl (C=O) groups is 1. The van der Waals surface area contributed by atoms with Crippen molar-refractivity contribution < 1.29 is 9.53 Å². The lowest BCUT2D eigenvalue weighted by Crippen LogP contribution is -2.42. The van der Waals surface area contributed by atoms with Gasteiger partial charge in [-0.3, -0.25) is 4.79 Å². The maximum Gasteiger partial charge on any atom is 0.323 e. The van der Waals surface area contributed by atoms with Crippen molar-refractivity contribution in [1.82, 2.24) is 20.3 Å². The number of amides is 1. The monoisotopic (exact) mass is 294 g/mol. The van der Waals surface area contributed by atoms with Crippen molar-refractivity contribution in [1.29, 1.82) is 0 Å². The third-order valence-corrected chi connectivity index (χ3v) is 3.23. The van der Waals surface area contributed by atoms with Crippen molar-refractivity contribution in [2.24, 2.45) is 0 Å². The minimum absolute atomic E-state index is 0.0229. The van der Waals surface area contributed by atoms with Gasteiger partial charge in [-0.15, -0.1) is 0 Å². The minimum atomic E-state index is -0.242. The summed E-state index contributed by atoms with van der Waals surface area (Å²) in [4.78, 5) is 26.7. The smallest absolute Gasteiger partial charge is 0.323 e. The molecule has 2 heterocycles. The van der Waals surface area contributed by atoms with Crippen molar-refractivity contribution >= 4 is 17.8 Å². The second-order valence-corrected chi connectivity index (χ2v) is 5.12. The lowest BCUT2D eigenvalue weighted by Gasteiger charge is -2.23. The van der Waals surface area contributed by atoms with E-state index in [-0.39, 0.29) is 24.1 Å². The van der Waals surface area contributed by atoms with E-state index in [1.807, 2.05) is 18.7 Å². The van der Waals surface area contributed by atoms with E-state index in [0.717, 1.165) is 19.4 Å². The maximum atomic E-state index is 11.9. The Morgan fingerprint density at radius 2 is 2.10 bits per heavy atom. The molecular weight excluding hydrogens is 272 g/mol. The second kappa shape index (κ2) is 6.55. The fourth-order valence-electron chi connectivity index (χ4n) is 2.29. The van der Waals surface area contributed by atoms with E-state index in [4.69, 9.17) is 4.74 Å². The van der Waals surface area contributed by atoms with Gasteiger partial charge in [0.25, 0.3) is 0 Å². The highest BCUT2D eigenvalue weighted by molar-refractivity contribution is 5.85. The van der Waals surface area contributed by atoms with Crippen LogP contribution in [0.15, 0.2) is 0 Å². The Hall–Kier alpha value is -2.12. The normalized spacial score (nSPS) is 18.0. The molecule has 1 atom stereocenters. The second-order valence-electron chi connectivity index (χ2n) is 5.12. The van der Waals surface area contributed by atoms with Gasteiger partial charge in [0.2, 0.25) is 17.8 Å². The molecule has 1 aromatic heterocycles. The Labute approximate surface area is 124 Å². The molecule has 1 fully saturated rings. The highest BCUT2D eigenvalue weighted by Crippen LogP contribution is 2.24. The molecule has 1 aliphatic heterocycles. The van der Waals surface area contributed by atoms with Crippen LogP contribution in [0.5, 0.6) is 6.01 Å². The van der Waals surface area contributed by atoms with Gasteiger partial charge in [0.05, 0.1) is 6.10 Å². The predicted molar refractivity (Wildman–Crippen MR) is 79.6 cm³/mol. The van der Waals surface area contributed by atoms with Gasteiger partial charge in [-0.25, -0.2) is 0 Å². The van der Waals surface area contributed by atoms with E-state index >= 15 is 0 Å². The van der Waals surface area contributed by atoms with Crippen molar-refractivity contribution in [2.75, 3.05) is 30.9 Å². The van der Waals surface area contributed by atoms with Gasteiger partial charge >= 0.3 is 6.01 Å². The van der Waals surface area contributed by atoms with Crippen LogP contribution in [0.4, 0.5) is 11.9 Å². The summed E-state index contributed by atoms with van der Waals surface area (Å²) in [5.74, 6) is 0.875. The fourth-order valence-corrected chi connectivity index (χ4v) is 2.29. The summed E-state index contributed by atoms with van der Waals surface area (Å²) in [6.07, 6.45) is 1.69. The molecule has 8 heteroatoms. The summed E-state index contributed by atoms with van der Waals surface area (Å²) in [6.45, 7) is 4.56. The molecule has 116 valence electrons. The molecule has 1 saturated heterocycles. The summed E-state index contributed by atoms with van der Waals surface area (Å²) in [6, 6.07) is 0.0240. The van der Waals surface area contributed by atoms with Crippen molar-refractivity contribution in [3.8, 4) is 6.01 Å². The lowest BCUT2D eigenvalue weighted by atomic mass is 10.2. The van der Waals surface area contributed by atoms with Crippen molar-refractivity contribution in [3.63, 3.8) is 0 Å². The number of aromatic nitrogens is 3.